The number of aromatic nitrogens is 3. The summed E-state index contributed by atoms with van der Waals surface area (Å²) in [6.45, 7) is 2.79. The average Bonchev–Trinajstić information content (AvgIpc) is 2.99. The van der Waals surface area contributed by atoms with Gasteiger partial charge in [0.05, 0.1) is 18.3 Å². The summed E-state index contributed by atoms with van der Waals surface area (Å²) in [6.07, 6.45) is 8.60. The monoisotopic (exact) mass is 321 g/mol. The summed E-state index contributed by atoms with van der Waals surface area (Å²) < 4.78 is 1.92. The van der Waals surface area contributed by atoms with E-state index in [1.807, 2.05) is 24.0 Å². The number of hydrogen-bond donors (Lipinski definition) is 1. The first-order valence-electron chi connectivity index (χ1n) is 7.84. The van der Waals surface area contributed by atoms with E-state index in [4.69, 9.17) is 5.11 Å². The first-order chi connectivity index (χ1) is 11.6. The summed E-state index contributed by atoms with van der Waals surface area (Å²) in [5.41, 5.74) is 4.75. The molecule has 0 saturated heterocycles. The molecule has 0 aliphatic heterocycles. The maximum Gasteiger partial charge on any atom is 0.337 e. The highest BCUT2D eigenvalue weighted by molar-refractivity contribution is 5.87. The maximum absolute atomic E-state index is 11.0. The van der Waals surface area contributed by atoms with Gasteiger partial charge in [-0.3, -0.25) is 9.67 Å². The molecule has 2 aromatic heterocycles. The van der Waals surface area contributed by atoms with E-state index < -0.39 is 5.97 Å². The molecule has 5 heteroatoms. The van der Waals surface area contributed by atoms with Crippen LogP contribution in [0.4, 0.5) is 0 Å². The number of rotatable bonds is 6. The van der Waals surface area contributed by atoms with Crippen LogP contribution in [0.2, 0.25) is 0 Å². The lowest BCUT2D eigenvalue weighted by atomic mass is 10.0. The molecule has 5 nitrogen and oxygen atoms in total. The number of carboxylic acids is 1. The maximum atomic E-state index is 11.0. The van der Waals surface area contributed by atoms with Gasteiger partial charge in [0.25, 0.3) is 0 Å². The summed E-state index contributed by atoms with van der Waals surface area (Å²) in [5.74, 6) is -0.942. The topological polar surface area (TPSA) is 68.0 Å². The molecule has 0 unspecified atom stereocenters. The molecular formula is C19H19N3O2. The Morgan fingerprint density at radius 3 is 2.42 bits per heavy atom. The van der Waals surface area contributed by atoms with Crippen LogP contribution in [0, 0.1) is 6.92 Å². The Bertz CT molecular complexity index is 838. The molecule has 0 aliphatic rings. The lowest BCUT2D eigenvalue weighted by Gasteiger charge is -2.06. The molecule has 0 aliphatic carbocycles. The van der Waals surface area contributed by atoms with Crippen molar-refractivity contribution in [1.82, 2.24) is 14.8 Å². The SMILES string of the molecule is Cc1cnn(Cc2ccc(CCc3cncc(C(=O)O)c3)cc2)c1. The van der Waals surface area contributed by atoms with E-state index in [-0.39, 0.29) is 5.56 Å². The first kappa shape index (κ1) is 15.9. The molecule has 0 atom stereocenters. The van der Waals surface area contributed by atoms with Crippen LogP contribution in [0.15, 0.2) is 55.1 Å². The average molecular weight is 321 g/mol. The third-order valence-electron chi connectivity index (χ3n) is 3.87. The molecule has 0 radical (unpaired) electrons. The van der Waals surface area contributed by atoms with Gasteiger partial charge in [0.2, 0.25) is 0 Å². The zero-order chi connectivity index (χ0) is 16.9. The molecule has 0 saturated carbocycles. The molecular weight excluding hydrogens is 302 g/mol. The van der Waals surface area contributed by atoms with Gasteiger partial charge in [-0.25, -0.2) is 4.79 Å². The predicted octanol–water partition coefficient (Wildman–Crippen LogP) is 3.12. The fourth-order valence-corrected chi connectivity index (χ4v) is 2.58. The van der Waals surface area contributed by atoms with E-state index in [2.05, 4.69) is 34.3 Å². The van der Waals surface area contributed by atoms with E-state index in [9.17, 15) is 4.79 Å². The standard InChI is InChI=1S/C19H19N3O2/c1-14-9-21-22(12-14)13-16-5-2-15(3-6-16)4-7-17-8-18(19(23)24)11-20-10-17/h2-3,5-6,8-12H,4,7,13H2,1H3,(H,23,24). The highest BCUT2D eigenvalue weighted by Gasteiger charge is 2.05. The number of carbonyl (C=O) groups is 1. The van der Waals surface area contributed by atoms with Crippen molar-refractivity contribution in [2.45, 2.75) is 26.3 Å². The lowest BCUT2D eigenvalue weighted by molar-refractivity contribution is 0.0696. The summed E-state index contributed by atoms with van der Waals surface area (Å²) in [6, 6.07) is 10.1. The van der Waals surface area contributed by atoms with Crippen LogP contribution in [0.25, 0.3) is 0 Å². The fourth-order valence-electron chi connectivity index (χ4n) is 2.58. The Kier molecular flexibility index (Phi) is 4.70. The van der Waals surface area contributed by atoms with Crippen LogP contribution in [-0.4, -0.2) is 25.8 Å². The normalized spacial score (nSPS) is 10.7. The van der Waals surface area contributed by atoms with Crippen LogP contribution >= 0.6 is 0 Å². The zero-order valence-electron chi connectivity index (χ0n) is 13.5. The molecule has 0 bridgehead atoms. The highest BCUT2D eigenvalue weighted by atomic mass is 16.4. The lowest BCUT2D eigenvalue weighted by Crippen LogP contribution is -2.01. The van der Waals surface area contributed by atoms with Crippen molar-refractivity contribution in [3.05, 3.63) is 82.9 Å². The van der Waals surface area contributed by atoms with Crippen molar-refractivity contribution >= 4 is 5.97 Å². The zero-order valence-corrected chi connectivity index (χ0v) is 13.5. The van der Waals surface area contributed by atoms with Crippen molar-refractivity contribution < 1.29 is 9.90 Å². The van der Waals surface area contributed by atoms with E-state index >= 15 is 0 Å². The minimum atomic E-state index is -0.942. The van der Waals surface area contributed by atoms with E-state index in [1.54, 1.807) is 12.3 Å². The van der Waals surface area contributed by atoms with E-state index in [1.165, 1.54) is 17.3 Å². The van der Waals surface area contributed by atoms with Gasteiger partial charge in [0.15, 0.2) is 0 Å². The molecule has 1 aromatic carbocycles. The van der Waals surface area contributed by atoms with Crippen LogP contribution in [0.1, 0.15) is 32.6 Å². The molecule has 122 valence electrons. The molecule has 3 aromatic rings. The summed E-state index contributed by atoms with van der Waals surface area (Å²) in [7, 11) is 0. The van der Waals surface area contributed by atoms with Crippen LogP contribution in [0.5, 0.6) is 0 Å². The Labute approximate surface area is 140 Å². The number of nitrogens with zero attached hydrogens (tertiary/aromatic N) is 3. The summed E-state index contributed by atoms with van der Waals surface area (Å²) in [4.78, 5) is 15.0. The number of benzene rings is 1. The predicted molar refractivity (Wildman–Crippen MR) is 91.1 cm³/mol. The van der Waals surface area contributed by atoms with Gasteiger partial charge in [0.1, 0.15) is 0 Å². The smallest absolute Gasteiger partial charge is 0.337 e. The Balaban J connectivity index is 1.60. The molecule has 24 heavy (non-hydrogen) atoms. The Morgan fingerprint density at radius 2 is 1.75 bits per heavy atom. The van der Waals surface area contributed by atoms with Gasteiger partial charge in [-0.05, 0) is 48.1 Å². The summed E-state index contributed by atoms with van der Waals surface area (Å²) in [5, 5.41) is 13.3. The second kappa shape index (κ2) is 7.08. The second-order valence-corrected chi connectivity index (χ2v) is 5.92. The number of hydrogen-bond acceptors (Lipinski definition) is 3. The number of carboxylic acid groups (broad SMARTS) is 1. The van der Waals surface area contributed by atoms with Crippen LogP contribution in [-0.2, 0) is 19.4 Å². The van der Waals surface area contributed by atoms with Gasteiger partial charge >= 0.3 is 5.97 Å². The highest BCUT2D eigenvalue weighted by Crippen LogP contribution is 2.11. The number of aromatic carboxylic acids is 1. The van der Waals surface area contributed by atoms with Gasteiger partial charge in [-0.2, -0.15) is 5.10 Å². The van der Waals surface area contributed by atoms with E-state index in [0.29, 0.717) is 0 Å². The van der Waals surface area contributed by atoms with Crippen molar-refractivity contribution in [3.63, 3.8) is 0 Å². The van der Waals surface area contributed by atoms with E-state index in [0.717, 1.165) is 30.5 Å². The van der Waals surface area contributed by atoms with Crippen molar-refractivity contribution in [2.75, 3.05) is 0 Å². The van der Waals surface area contributed by atoms with Crippen molar-refractivity contribution in [3.8, 4) is 0 Å². The molecule has 2 heterocycles. The molecule has 0 spiro atoms. The minimum absolute atomic E-state index is 0.234. The number of pyridine rings is 1. The van der Waals surface area contributed by atoms with Crippen LogP contribution < -0.4 is 0 Å². The second-order valence-electron chi connectivity index (χ2n) is 5.92. The van der Waals surface area contributed by atoms with Gasteiger partial charge in [-0.15, -0.1) is 0 Å². The Morgan fingerprint density at radius 1 is 1.04 bits per heavy atom. The van der Waals surface area contributed by atoms with Crippen molar-refractivity contribution in [1.29, 1.82) is 0 Å². The van der Waals surface area contributed by atoms with Gasteiger partial charge < -0.3 is 5.11 Å². The minimum Gasteiger partial charge on any atom is -0.478 e. The molecule has 1 N–H and O–H groups in total. The third kappa shape index (κ3) is 4.07. The van der Waals surface area contributed by atoms with Crippen LogP contribution in [0.3, 0.4) is 0 Å². The van der Waals surface area contributed by atoms with Gasteiger partial charge in [0, 0.05) is 18.6 Å². The molecule has 0 fully saturated rings. The summed E-state index contributed by atoms with van der Waals surface area (Å²) >= 11 is 0. The van der Waals surface area contributed by atoms with Crippen molar-refractivity contribution in [2.24, 2.45) is 0 Å². The quantitative estimate of drug-likeness (QED) is 0.757. The molecule has 0 amide bonds. The first-order valence-corrected chi connectivity index (χ1v) is 7.84. The fraction of sp³-hybridized carbons (Fsp3) is 0.211. The third-order valence-corrected chi connectivity index (χ3v) is 3.87. The Hall–Kier alpha value is -2.95. The molecule has 3 rings (SSSR count). The van der Waals surface area contributed by atoms with Gasteiger partial charge in [-0.1, -0.05) is 24.3 Å². The number of aryl methyl sites for hydroxylation is 3. The largest absolute Gasteiger partial charge is 0.478 e.